The van der Waals surface area contributed by atoms with Crippen LogP contribution in [0.15, 0.2) is 36.7 Å². The molecule has 132 valence electrons. The van der Waals surface area contributed by atoms with Gasteiger partial charge in [-0.25, -0.2) is 4.68 Å². The van der Waals surface area contributed by atoms with Crippen molar-refractivity contribution < 1.29 is 14.6 Å². The van der Waals surface area contributed by atoms with Gasteiger partial charge >= 0.3 is 5.97 Å². The predicted molar refractivity (Wildman–Crippen MR) is 92.8 cm³/mol. The third-order valence-electron chi connectivity index (χ3n) is 5.28. The molecule has 2 aromatic rings. The number of carboxylic acids is 1. The number of hydrogen-bond donors (Lipinski definition) is 1. The summed E-state index contributed by atoms with van der Waals surface area (Å²) in [6.45, 7) is 2.96. The van der Waals surface area contributed by atoms with Gasteiger partial charge in [-0.15, -0.1) is 0 Å². The Balaban J connectivity index is 1.49. The van der Waals surface area contributed by atoms with Crippen molar-refractivity contribution >= 4 is 17.6 Å². The van der Waals surface area contributed by atoms with Gasteiger partial charge in [0, 0.05) is 43.0 Å². The van der Waals surface area contributed by atoms with E-state index in [1.807, 2.05) is 36.7 Å². The van der Waals surface area contributed by atoms with Crippen LogP contribution in [0.25, 0.3) is 5.69 Å². The van der Waals surface area contributed by atoms with Crippen molar-refractivity contribution in [2.45, 2.75) is 13.0 Å². The van der Waals surface area contributed by atoms with Crippen molar-refractivity contribution in [3.05, 3.63) is 47.2 Å². The molecule has 0 radical (unpaired) electrons. The lowest BCUT2D eigenvalue weighted by atomic mass is 9.76. The summed E-state index contributed by atoms with van der Waals surface area (Å²) in [5.41, 5.74) is 1.20. The molecule has 0 spiro atoms. The maximum atomic E-state index is 11.8. The fourth-order valence-electron chi connectivity index (χ4n) is 3.97. The smallest absolute Gasteiger partial charge is 0.313 e. The largest absolute Gasteiger partial charge is 0.481 e. The number of hydrogen-bond acceptors (Lipinski definition) is 4. The molecule has 3 heterocycles. The minimum atomic E-state index is -0.763. The van der Waals surface area contributed by atoms with Crippen LogP contribution in [0.4, 0.5) is 0 Å². The topological polar surface area (TPSA) is 67.6 Å². The van der Waals surface area contributed by atoms with Gasteiger partial charge in [0.15, 0.2) is 0 Å². The van der Waals surface area contributed by atoms with E-state index < -0.39 is 11.4 Å². The molecule has 1 N–H and O–H groups in total. The fraction of sp³-hybridized carbons (Fsp3) is 0.444. The Kier molecular flexibility index (Phi) is 4.27. The molecular weight excluding hydrogens is 342 g/mol. The van der Waals surface area contributed by atoms with Crippen molar-refractivity contribution in [1.29, 1.82) is 0 Å². The maximum absolute atomic E-state index is 11.8. The highest BCUT2D eigenvalue weighted by Gasteiger charge is 2.53. The minimum Gasteiger partial charge on any atom is -0.481 e. The Bertz CT molecular complexity index is 793. The lowest BCUT2D eigenvalue weighted by Crippen LogP contribution is -2.46. The molecule has 0 saturated carbocycles. The van der Waals surface area contributed by atoms with Gasteiger partial charge in [0.05, 0.1) is 18.5 Å². The van der Waals surface area contributed by atoms with Crippen LogP contribution in [-0.2, 0) is 16.1 Å². The summed E-state index contributed by atoms with van der Waals surface area (Å²) < 4.78 is 7.28. The van der Waals surface area contributed by atoms with E-state index in [0.717, 1.165) is 24.2 Å². The molecule has 4 rings (SSSR count). The molecule has 1 aromatic heterocycles. The average Bonchev–Trinajstić information content (AvgIpc) is 3.19. The van der Waals surface area contributed by atoms with Crippen LogP contribution in [0, 0.1) is 11.3 Å². The number of benzene rings is 1. The number of carbonyl (C=O) groups is 1. The molecule has 2 aliphatic rings. The first-order valence-corrected chi connectivity index (χ1v) is 8.78. The van der Waals surface area contributed by atoms with E-state index >= 15 is 0 Å². The number of rotatable bonds is 4. The molecule has 2 atom stereocenters. The van der Waals surface area contributed by atoms with E-state index in [0.29, 0.717) is 31.3 Å². The second kappa shape index (κ2) is 6.44. The fourth-order valence-corrected chi connectivity index (χ4v) is 4.16. The summed E-state index contributed by atoms with van der Waals surface area (Å²) in [5.74, 6) is -0.587. The van der Waals surface area contributed by atoms with Crippen LogP contribution in [0.3, 0.4) is 0 Å². The third-order valence-corrected chi connectivity index (χ3v) is 5.51. The molecular formula is C18H20ClN3O3. The van der Waals surface area contributed by atoms with Crippen molar-refractivity contribution in [2.75, 3.05) is 26.3 Å². The van der Waals surface area contributed by atoms with Crippen molar-refractivity contribution in [3.8, 4) is 5.69 Å². The van der Waals surface area contributed by atoms with Crippen molar-refractivity contribution in [1.82, 2.24) is 14.7 Å². The van der Waals surface area contributed by atoms with Crippen molar-refractivity contribution in [2.24, 2.45) is 11.3 Å². The van der Waals surface area contributed by atoms with E-state index in [1.54, 1.807) is 4.68 Å². The molecule has 0 amide bonds. The number of halogens is 1. The summed E-state index contributed by atoms with van der Waals surface area (Å²) in [6.07, 6.45) is 4.61. The number of nitrogens with zero attached hydrogens (tertiary/aromatic N) is 3. The zero-order valence-corrected chi connectivity index (χ0v) is 14.5. The summed E-state index contributed by atoms with van der Waals surface area (Å²) in [5, 5.41) is 14.8. The van der Waals surface area contributed by atoms with Gasteiger partial charge in [0.2, 0.25) is 0 Å². The predicted octanol–water partition coefficient (Wildman–Crippen LogP) is 2.45. The minimum absolute atomic E-state index is 0.154. The molecule has 2 fully saturated rings. The summed E-state index contributed by atoms with van der Waals surface area (Å²) in [7, 11) is 0. The zero-order chi connectivity index (χ0) is 17.4. The highest BCUT2D eigenvalue weighted by Crippen LogP contribution is 2.42. The average molecular weight is 362 g/mol. The zero-order valence-electron chi connectivity index (χ0n) is 13.8. The monoisotopic (exact) mass is 361 g/mol. The van der Waals surface area contributed by atoms with Gasteiger partial charge in [0.25, 0.3) is 0 Å². The Morgan fingerprint density at radius 2 is 2.36 bits per heavy atom. The Morgan fingerprint density at radius 3 is 3.12 bits per heavy atom. The number of aliphatic carboxylic acids is 1. The van der Waals surface area contributed by atoms with Crippen LogP contribution >= 0.6 is 11.6 Å². The first-order valence-electron chi connectivity index (χ1n) is 8.40. The highest BCUT2D eigenvalue weighted by atomic mass is 35.5. The van der Waals surface area contributed by atoms with Gasteiger partial charge in [-0.1, -0.05) is 17.7 Å². The lowest BCUT2D eigenvalue weighted by molar-refractivity contribution is -0.159. The number of fused-ring (bicyclic) bond motifs is 1. The molecule has 2 saturated heterocycles. The summed E-state index contributed by atoms with van der Waals surface area (Å²) in [6, 6.07) is 7.53. The summed E-state index contributed by atoms with van der Waals surface area (Å²) in [4.78, 5) is 14.0. The molecule has 0 aliphatic carbocycles. The molecule has 1 aromatic carbocycles. The lowest BCUT2D eigenvalue weighted by Gasteiger charge is -2.34. The molecule has 7 heteroatoms. The van der Waals surface area contributed by atoms with Crippen LogP contribution in [0.1, 0.15) is 12.0 Å². The van der Waals surface area contributed by atoms with Crippen LogP contribution in [0.5, 0.6) is 0 Å². The van der Waals surface area contributed by atoms with Crippen molar-refractivity contribution in [3.63, 3.8) is 0 Å². The third kappa shape index (κ3) is 3.05. The second-order valence-corrected chi connectivity index (χ2v) is 7.38. The maximum Gasteiger partial charge on any atom is 0.313 e. The first kappa shape index (κ1) is 16.6. The standard InChI is InChI=1S/C18H20ClN3O3/c19-15-2-1-3-16(6-15)22-9-13(7-20-22)8-21-10-14-4-5-25-12-18(14,11-21)17(23)24/h1-3,6-7,9,14H,4-5,8,10-12H2,(H,23,24)/t14-,18+/m0/s1. The van der Waals surface area contributed by atoms with Gasteiger partial charge in [0.1, 0.15) is 5.41 Å². The first-order chi connectivity index (χ1) is 12.1. The molecule has 0 unspecified atom stereocenters. The Hall–Kier alpha value is -1.89. The number of likely N-dealkylation sites (tertiary alicyclic amines) is 1. The molecule has 6 nitrogen and oxygen atoms in total. The van der Waals surface area contributed by atoms with E-state index in [4.69, 9.17) is 16.3 Å². The SMILES string of the molecule is O=C(O)[C@]12COCC[C@H]1CN(Cc1cnn(-c3cccc(Cl)c3)c1)C2. The normalized spacial score (nSPS) is 26.5. The molecule has 2 aliphatic heterocycles. The number of carboxylic acid groups (broad SMARTS) is 1. The number of aromatic nitrogens is 2. The van der Waals surface area contributed by atoms with Gasteiger partial charge in [-0.3, -0.25) is 9.69 Å². The Labute approximate surface area is 151 Å². The molecule has 0 bridgehead atoms. The van der Waals surface area contributed by atoms with Crippen LogP contribution < -0.4 is 0 Å². The highest BCUT2D eigenvalue weighted by molar-refractivity contribution is 6.30. The van der Waals surface area contributed by atoms with Gasteiger partial charge < -0.3 is 9.84 Å². The molecule has 25 heavy (non-hydrogen) atoms. The van der Waals surface area contributed by atoms with Crippen LogP contribution in [0.2, 0.25) is 5.02 Å². The van der Waals surface area contributed by atoms with E-state index in [9.17, 15) is 9.90 Å². The van der Waals surface area contributed by atoms with E-state index in [2.05, 4.69) is 10.00 Å². The van der Waals surface area contributed by atoms with Crippen LogP contribution in [-0.4, -0.2) is 52.1 Å². The summed E-state index contributed by atoms with van der Waals surface area (Å²) >= 11 is 6.04. The van der Waals surface area contributed by atoms with E-state index in [-0.39, 0.29) is 5.92 Å². The number of ether oxygens (including phenoxy) is 1. The van der Waals surface area contributed by atoms with E-state index in [1.165, 1.54) is 0 Å². The van der Waals surface area contributed by atoms with Gasteiger partial charge in [-0.05, 0) is 30.5 Å². The van der Waals surface area contributed by atoms with Gasteiger partial charge in [-0.2, -0.15) is 5.10 Å². The quantitative estimate of drug-likeness (QED) is 0.906. The Morgan fingerprint density at radius 1 is 1.48 bits per heavy atom. The second-order valence-electron chi connectivity index (χ2n) is 6.94.